The maximum atomic E-state index is 11.9. The van der Waals surface area contributed by atoms with Crippen molar-refractivity contribution in [1.82, 2.24) is 15.3 Å². The van der Waals surface area contributed by atoms with Crippen LogP contribution in [0.2, 0.25) is 0 Å². The van der Waals surface area contributed by atoms with E-state index in [1.165, 1.54) is 4.88 Å². The predicted molar refractivity (Wildman–Crippen MR) is 81.2 cm³/mol. The van der Waals surface area contributed by atoms with E-state index in [1.807, 2.05) is 11.9 Å². The number of carbonyl (C=O) groups is 1. The molecule has 1 aliphatic carbocycles. The van der Waals surface area contributed by atoms with Gasteiger partial charge in [0, 0.05) is 18.0 Å². The van der Waals surface area contributed by atoms with Gasteiger partial charge in [-0.05, 0) is 25.3 Å². The highest BCUT2D eigenvalue weighted by atomic mass is 32.1. The van der Waals surface area contributed by atoms with Crippen LogP contribution in [0.25, 0.3) is 10.2 Å². The molecule has 1 N–H and O–H groups in total. The third-order valence-electron chi connectivity index (χ3n) is 3.39. The smallest absolute Gasteiger partial charge is 0.239 e. The van der Waals surface area contributed by atoms with E-state index in [9.17, 15) is 4.79 Å². The number of anilines is 1. The summed E-state index contributed by atoms with van der Waals surface area (Å²) in [4.78, 5) is 24.7. The molecule has 0 aliphatic heterocycles. The molecule has 1 amide bonds. The first-order valence-corrected chi connectivity index (χ1v) is 7.73. The Kier molecular flexibility index (Phi) is 3.56. The minimum Gasteiger partial charge on any atom is -0.352 e. The zero-order chi connectivity index (χ0) is 14.1. The fourth-order valence-corrected chi connectivity index (χ4v) is 3.09. The van der Waals surface area contributed by atoms with Crippen LogP contribution in [0.3, 0.4) is 0 Å². The van der Waals surface area contributed by atoms with Gasteiger partial charge in [-0.2, -0.15) is 0 Å². The van der Waals surface area contributed by atoms with E-state index < -0.39 is 0 Å². The van der Waals surface area contributed by atoms with Crippen LogP contribution >= 0.6 is 11.3 Å². The molecular weight excluding hydrogens is 272 g/mol. The molecule has 1 fully saturated rings. The molecule has 0 unspecified atom stereocenters. The molecule has 2 heterocycles. The fourth-order valence-electron chi connectivity index (χ4n) is 2.16. The second-order valence-corrected chi connectivity index (χ2v) is 6.30. The van der Waals surface area contributed by atoms with Gasteiger partial charge in [-0.25, -0.2) is 9.97 Å². The van der Waals surface area contributed by atoms with Crippen LogP contribution < -0.4 is 10.2 Å². The number of nitrogens with one attached hydrogen (secondary N) is 1. The van der Waals surface area contributed by atoms with Crippen molar-refractivity contribution < 1.29 is 4.79 Å². The van der Waals surface area contributed by atoms with Gasteiger partial charge in [0.25, 0.3) is 0 Å². The van der Waals surface area contributed by atoms with Gasteiger partial charge in [-0.15, -0.1) is 11.3 Å². The number of likely N-dealkylation sites (N-methyl/N-ethyl adjacent to an activating group) is 1. The van der Waals surface area contributed by atoms with E-state index in [2.05, 4.69) is 28.3 Å². The third-order valence-corrected chi connectivity index (χ3v) is 4.58. The van der Waals surface area contributed by atoms with E-state index in [1.54, 1.807) is 17.7 Å². The maximum absolute atomic E-state index is 11.9. The molecule has 0 saturated heterocycles. The first kappa shape index (κ1) is 13.3. The number of aromatic nitrogens is 2. The van der Waals surface area contributed by atoms with Crippen LogP contribution in [0.5, 0.6) is 0 Å². The molecule has 3 rings (SSSR count). The van der Waals surface area contributed by atoms with Crippen molar-refractivity contribution in [3.05, 3.63) is 17.3 Å². The number of hydrogen-bond acceptors (Lipinski definition) is 5. The summed E-state index contributed by atoms with van der Waals surface area (Å²) >= 11 is 1.69. The molecule has 0 aromatic carbocycles. The summed E-state index contributed by atoms with van der Waals surface area (Å²) in [5, 5.41) is 4.04. The summed E-state index contributed by atoms with van der Waals surface area (Å²) in [5.74, 6) is 0.893. The molecule has 106 valence electrons. The second-order valence-electron chi connectivity index (χ2n) is 5.18. The molecule has 1 aliphatic rings. The van der Waals surface area contributed by atoms with E-state index in [0.29, 0.717) is 12.6 Å². The summed E-state index contributed by atoms with van der Waals surface area (Å²) in [6, 6.07) is 2.53. The van der Waals surface area contributed by atoms with Crippen LogP contribution in [0.15, 0.2) is 12.4 Å². The highest BCUT2D eigenvalue weighted by Crippen LogP contribution is 2.29. The van der Waals surface area contributed by atoms with Crippen LogP contribution in [0, 0.1) is 0 Å². The summed E-state index contributed by atoms with van der Waals surface area (Å²) in [6.07, 6.45) is 4.78. The van der Waals surface area contributed by atoms with Crippen LogP contribution in [0.4, 0.5) is 5.82 Å². The topological polar surface area (TPSA) is 58.1 Å². The summed E-state index contributed by atoms with van der Waals surface area (Å²) in [7, 11) is 1.90. The fraction of sp³-hybridized carbons (Fsp3) is 0.500. The van der Waals surface area contributed by atoms with E-state index in [-0.39, 0.29) is 5.91 Å². The standard InChI is InChI=1S/C14H18N4OS/c1-3-10-6-11-13(15-8-16-14(11)20-10)18(2)7-12(19)17-9-4-5-9/h6,8-9H,3-5,7H2,1-2H3,(H,17,19). The van der Waals surface area contributed by atoms with Gasteiger partial charge in [0.15, 0.2) is 0 Å². The molecule has 0 spiro atoms. The SMILES string of the molecule is CCc1cc2c(N(C)CC(=O)NC3CC3)ncnc2s1. The van der Waals surface area contributed by atoms with Gasteiger partial charge in [-0.1, -0.05) is 6.92 Å². The van der Waals surface area contributed by atoms with Gasteiger partial charge in [0.05, 0.1) is 11.9 Å². The average Bonchev–Trinajstić information content (AvgIpc) is 3.13. The Morgan fingerprint density at radius 2 is 2.30 bits per heavy atom. The van der Waals surface area contributed by atoms with Crippen molar-refractivity contribution in [3.63, 3.8) is 0 Å². The minimum atomic E-state index is 0.0627. The highest BCUT2D eigenvalue weighted by Gasteiger charge is 2.24. The molecule has 2 aromatic rings. The summed E-state index contributed by atoms with van der Waals surface area (Å²) < 4.78 is 0. The Morgan fingerprint density at radius 3 is 3.00 bits per heavy atom. The molecule has 0 atom stereocenters. The summed E-state index contributed by atoms with van der Waals surface area (Å²) in [6.45, 7) is 2.46. The minimum absolute atomic E-state index is 0.0627. The van der Waals surface area contributed by atoms with Crippen LogP contribution in [-0.4, -0.2) is 35.5 Å². The van der Waals surface area contributed by atoms with Crippen molar-refractivity contribution >= 4 is 33.3 Å². The molecule has 6 heteroatoms. The van der Waals surface area contributed by atoms with Gasteiger partial charge >= 0.3 is 0 Å². The number of nitrogens with zero attached hydrogens (tertiary/aromatic N) is 3. The average molecular weight is 290 g/mol. The molecule has 0 bridgehead atoms. The van der Waals surface area contributed by atoms with Gasteiger partial charge in [-0.3, -0.25) is 4.79 Å². The molecule has 1 saturated carbocycles. The number of rotatable bonds is 5. The maximum Gasteiger partial charge on any atom is 0.239 e. The number of carbonyl (C=O) groups excluding carboxylic acids is 1. The lowest BCUT2D eigenvalue weighted by Crippen LogP contribution is -2.36. The number of fused-ring (bicyclic) bond motifs is 1. The number of hydrogen-bond donors (Lipinski definition) is 1. The van der Waals surface area contributed by atoms with E-state index in [4.69, 9.17) is 0 Å². The first-order chi connectivity index (χ1) is 9.67. The Hall–Kier alpha value is -1.69. The summed E-state index contributed by atoms with van der Waals surface area (Å²) in [5.41, 5.74) is 0. The number of aryl methyl sites for hydroxylation is 1. The molecule has 5 nitrogen and oxygen atoms in total. The van der Waals surface area contributed by atoms with Crippen molar-refractivity contribution in [2.75, 3.05) is 18.5 Å². The Bertz CT molecular complexity index is 635. The molecule has 2 aromatic heterocycles. The normalized spacial score (nSPS) is 14.5. The lowest BCUT2D eigenvalue weighted by Gasteiger charge is -2.18. The third kappa shape index (κ3) is 2.75. The van der Waals surface area contributed by atoms with Gasteiger partial charge in [0.2, 0.25) is 5.91 Å². The van der Waals surface area contributed by atoms with E-state index >= 15 is 0 Å². The van der Waals surface area contributed by atoms with Crippen LogP contribution in [-0.2, 0) is 11.2 Å². The van der Waals surface area contributed by atoms with Gasteiger partial charge < -0.3 is 10.2 Å². The Labute approximate surface area is 122 Å². The molecule has 0 radical (unpaired) electrons. The van der Waals surface area contributed by atoms with Gasteiger partial charge in [0.1, 0.15) is 17.0 Å². The number of amides is 1. The second kappa shape index (κ2) is 5.36. The van der Waals surface area contributed by atoms with Crippen molar-refractivity contribution in [3.8, 4) is 0 Å². The van der Waals surface area contributed by atoms with E-state index in [0.717, 1.165) is 35.3 Å². The lowest BCUT2D eigenvalue weighted by atomic mass is 10.3. The van der Waals surface area contributed by atoms with Crippen molar-refractivity contribution in [2.45, 2.75) is 32.2 Å². The zero-order valence-electron chi connectivity index (χ0n) is 11.7. The van der Waals surface area contributed by atoms with Crippen LogP contribution in [0.1, 0.15) is 24.6 Å². The number of thiophene rings is 1. The lowest BCUT2D eigenvalue weighted by molar-refractivity contribution is -0.119. The first-order valence-electron chi connectivity index (χ1n) is 6.91. The quantitative estimate of drug-likeness (QED) is 0.914. The predicted octanol–water partition coefficient (Wildman–Crippen LogP) is 1.97. The Morgan fingerprint density at radius 1 is 1.50 bits per heavy atom. The Balaban J connectivity index is 1.80. The zero-order valence-corrected chi connectivity index (χ0v) is 12.5. The molecular formula is C14H18N4OS. The van der Waals surface area contributed by atoms with Crippen molar-refractivity contribution in [1.29, 1.82) is 0 Å². The largest absolute Gasteiger partial charge is 0.352 e. The monoisotopic (exact) mass is 290 g/mol. The highest BCUT2D eigenvalue weighted by molar-refractivity contribution is 7.18. The van der Waals surface area contributed by atoms with Crippen molar-refractivity contribution in [2.24, 2.45) is 0 Å². The molecule has 20 heavy (non-hydrogen) atoms.